The van der Waals surface area contributed by atoms with Crippen molar-refractivity contribution in [3.05, 3.63) is 30.4 Å². The van der Waals surface area contributed by atoms with Crippen molar-refractivity contribution in [2.45, 2.75) is 0 Å². The van der Waals surface area contributed by atoms with Crippen molar-refractivity contribution in [2.24, 2.45) is 0 Å². The van der Waals surface area contributed by atoms with Crippen LogP contribution in [0.5, 0.6) is 0 Å². The van der Waals surface area contributed by atoms with Crippen molar-refractivity contribution in [3.63, 3.8) is 0 Å². The highest BCUT2D eigenvalue weighted by atomic mass is 16.1. The molecular weight excluding hydrogens is 166 g/mol. The number of nitrogens with two attached hydrogens (primary N) is 3. The van der Waals surface area contributed by atoms with E-state index in [-0.39, 0.29) is 17.0 Å². The van der Waals surface area contributed by atoms with Gasteiger partial charge in [-0.2, -0.15) is 0 Å². The van der Waals surface area contributed by atoms with Crippen LogP contribution >= 0.6 is 0 Å². The molecule has 0 spiro atoms. The van der Waals surface area contributed by atoms with Crippen molar-refractivity contribution in [2.75, 3.05) is 17.2 Å². The van der Waals surface area contributed by atoms with Crippen molar-refractivity contribution >= 4 is 22.8 Å². The smallest absolute Gasteiger partial charge is 0.189 e. The molecule has 0 bridgehead atoms. The number of carbonyl (C=O) groups excluding carboxylic acids is 1. The molecule has 1 aromatic carbocycles. The van der Waals surface area contributed by atoms with E-state index in [0.717, 1.165) is 6.08 Å². The maximum Gasteiger partial charge on any atom is 0.189 e. The Morgan fingerprint density at radius 3 is 2.31 bits per heavy atom. The van der Waals surface area contributed by atoms with Crippen LogP contribution in [0.25, 0.3) is 0 Å². The zero-order valence-electron chi connectivity index (χ0n) is 7.08. The van der Waals surface area contributed by atoms with Gasteiger partial charge in [0.25, 0.3) is 0 Å². The monoisotopic (exact) mass is 177 g/mol. The molecule has 0 saturated heterocycles. The van der Waals surface area contributed by atoms with Gasteiger partial charge in [-0.05, 0) is 18.2 Å². The number of allylic oxidation sites excluding steroid dienone is 1. The van der Waals surface area contributed by atoms with E-state index in [1.807, 2.05) is 0 Å². The fourth-order valence-corrected chi connectivity index (χ4v) is 1.03. The van der Waals surface area contributed by atoms with Crippen LogP contribution in [-0.2, 0) is 0 Å². The lowest BCUT2D eigenvalue weighted by Gasteiger charge is -2.07. The molecule has 0 aliphatic heterocycles. The second-order valence-electron chi connectivity index (χ2n) is 2.60. The summed E-state index contributed by atoms with van der Waals surface area (Å²) >= 11 is 0. The van der Waals surface area contributed by atoms with Crippen LogP contribution < -0.4 is 17.2 Å². The third kappa shape index (κ3) is 1.46. The van der Waals surface area contributed by atoms with Crippen molar-refractivity contribution < 1.29 is 4.79 Å². The second kappa shape index (κ2) is 3.18. The predicted molar refractivity (Wildman–Crippen MR) is 54.2 cm³/mol. The Morgan fingerprint density at radius 1 is 1.23 bits per heavy atom. The number of rotatable bonds is 2. The van der Waals surface area contributed by atoms with Gasteiger partial charge in [-0.25, -0.2) is 0 Å². The lowest BCUT2D eigenvalue weighted by atomic mass is 10.1. The van der Waals surface area contributed by atoms with Gasteiger partial charge in [0.15, 0.2) is 5.78 Å². The van der Waals surface area contributed by atoms with Crippen molar-refractivity contribution in [1.29, 1.82) is 0 Å². The summed E-state index contributed by atoms with van der Waals surface area (Å²) in [6, 6.07) is 3.10. The van der Waals surface area contributed by atoms with Gasteiger partial charge in [-0.3, -0.25) is 4.79 Å². The van der Waals surface area contributed by atoms with E-state index in [9.17, 15) is 4.79 Å². The fraction of sp³-hybridized carbons (Fsp3) is 0. The third-order valence-corrected chi connectivity index (χ3v) is 1.74. The van der Waals surface area contributed by atoms with Gasteiger partial charge in [-0.1, -0.05) is 6.58 Å². The highest BCUT2D eigenvalue weighted by Gasteiger charge is 2.12. The number of ketones is 1. The average molecular weight is 177 g/mol. The van der Waals surface area contributed by atoms with Crippen molar-refractivity contribution in [3.8, 4) is 0 Å². The Kier molecular flexibility index (Phi) is 2.23. The summed E-state index contributed by atoms with van der Waals surface area (Å²) in [5.41, 5.74) is 17.8. The molecule has 0 aliphatic carbocycles. The summed E-state index contributed by atoms with van der Waals surface area (Å²) in [4.78, 5) is 11.3. The predicted octanol–water partition coefficient (Wildman–Crippen LogP) is 0.802. The minimum atomic E-state index is -0.317. The van der Waals surface area contributed by atoms with Gasteiger partial charge in [0.05, 0.1) is 16.9 Å². The van der Waals surface area contributed by atoms with E-state index >= 15 is 0 Å². The summed E-state index contributed by atoms with van der Waals surface area (Å²) in [6.07, 6.45) is 1.15. The molecule has 4 heteroatoms. The second-order valence-corrected chi connectivity index (χ2v) is 2.60. The number of anilines is 3. The summed E-state index contributed by atoms with van der Waals surface area (Å²) in [5.74, 6) is -0.317. The first kappa shape index (κ1) is 9.12. The highest BCUT2D eigenvalue weighted by Crippen LogP contribution is 2.26. The molecule has 1 aromatic rings. The van der Waals surface area contributed by atoms with E-state index in [1.54, 1.807) is 12.1 Å². The molecule has 4 nitrogen and oxygen atoms in total. The average Bonchev–Trinajstić information content (AvgIpc) is 2.12. The molecule has 0 saturated carbocycles. The fourth-order valence-electron chi connectivity index (χ4n) is 1.03. The summed E-state index contributed by atoms with van der Waals surface area (Å²) < 4.78 is 0. The standard InChI is InChI=1S/C9H11N3O/c1-2-7(13)8-5(10)3-4-6(11)9(8)12/h2-4H,1,10-12H2. The lowest BCUT2D eigenvalue weighted by molar-refractivity contribution is 0.104. The number of benzene rings is 1. The molecule has 0 aromatic heterocycles. The Bertz CT molecular complexity index is 371. The SMILES string of the molecule is C=CC(=O)c1c(N)ccc(N)c1N. The van der Waals surface area contributed by atoms with Gasteiger partial charge in [-0.15, -0.1) is 0 Å². The zero-order chi connectivity index (χ0) is 10.0. The molecule has 0 fully saturated rings. The maximum atomic E-state index is 11.3. The topological polar surface area (TPSA) is 95.1 Å². The van der Waals surface area contributed by atoms with E-state index in [1.165, 1.54) is 0 Å². The van der Waals surface area contributed by atoms with Crippen LogP contribution in [-0.4, -0.2) is 5.78 Å². The number of nitrogen functional groups attached to an aromatic ring is 3. The Hall–Kier alpha value is -1.97. The molecule has 0 radical (unpaired) electrons. The quantitative estimate of drug-likeness (QED) is 0.353. The number of hydrogen-bond acceptors (Lipinski definition) is 4. The third-order valence-electron chi connectivity index (χ3n) is 1.74. The van der Waals surface area contributed by atoms with Gasteiger partial charge >= 0.3 is 0 Å². The van der Waals surface area contributed by atoms with E-state index in [4.69, 9.17) is 17.2 Å². The summed E-state index contributed by atoms with van der Waals surface area (Å²) in [6.45, 7) is 3.35. The summed E-state index contributed by atoms with van der Waals surface area (Å²) in [7, 11) is 0. The first-order valence-corrected chi connectivity index (χ1v) is 3.68. The molecule has 0 unspecified atom stereocenters. The molecule has 13 heavy (non-hydrogen) atoms. The van der Waals surface area contributed by atoms with Gasteiger partial charge < -0.3 is 17.2 Å². The van der Waals surface area contributed by atoms with Crippen LogP contribution in [0, 0.1) is 0 Å². The molecule has 0 heterocycles. The van der Waals surface area contributed by atoms with Gasteiger partial charge in [0.1, 0.15) is 0 Å². The Balaban J connectivity index is 3.41. The molecule has 68 valence electrons. The van der Waals surface area contributed by atoms with Crippen LogP contribution in [0.3, 0.4) is 0 Å². The minimum absolute atomic E-state index is 0.213. The first-order chi connectivity index (χ1) is 6.07. The molecule has 0 atom stereocenters. The van der Waals surface area contributed by atoms with Crippen LogP contribution in [0.2, 0.25) is 0 Å². The normalized spacial score (nSPS) is 9.54. The molecular formula is C9H11N3O. The van der Waals surface area contributed by atoms with Gasteiger partial charge in [0.2, 0.25) is 0 Å². The lowest BCUT2D eigenvalue weighted by Crippen LogP contribution is -2.07. The Labute approximate surface area is 76.0 Å². The zero-order valence-corrected chi connectivity index (χ0v) is 7.08. The molecule has 1 rings (SSSR count). The van der Waals surface area contributed by atoms with E-state index in [2.05, 4.69) is 6.58 Å². The molecule has 0 aliphatic rings. The molecule has 6 N–H and O–H groups in total. The Morgan fingerprint density at radius 2 is 1.77 bits per heavy atom. The molecule has 0 amide bonds. The van der Waals surface area contributed by atoms with Crippen LogP contribution in [0.4, 0.5) is 17.1 Å². The highest BCUT2D eigenvalue weighted by molar-refractivity contribution is 6.13. The van der Waals surface area contributed by atoms with Gasteiger partial charge in [0, 0.05) is 5.69 Å². The van der Waals surface area contributed by atoms with Crippen LogP contribution in [0.15, 0.2) is 24.8 Å². The van der Waals surface area contributed by atoms with E-state index in [0.29, 0.717) is 11.4 Å². The first-order valence-electron chi connectivity index (χ1n) is 3.68. The van der Waals surface area contributed by atoms with Crippen molar-refractivity contribution in [1.82, 2.24) is 0 Å². The van der Waals surface area contributed by atoms with E-state index < -0.39 is 0 Å². The number of hydrogen-bond donors (Lipinski definition) is 3. The van der Waals surface area contributed by atoms with Crippen LogP contribution in [0.1, 0.15) is 10.4 Å². The largest absolute Gasteiger partial charge is 0.398 e. The maximum absolute atomic E-state index is 11.3. The summed E-state index contributed by atoms with van der Waals surface area (Å²) in [5, 5.41) is 0. The number of carbonyl (C=O) groups is 1. The minimum Gasteiger partial charge on any atom is -0.398 e.